The van der Waals surface area contributed by atoms with Gasteiger partial charge < -0.3 is 5.73 Å². The van der Waals surface area contributed by atoms with Crippen molar-refractivity contribution in [3.8, 4) is 0 Å². The number of nitrogen functional groups attached to an aromatic ring is 1. The maximum atomic E-state index is 5.78. The van der Waals surface area contributed by atoms with E-state index in [1.807, 2.05) is 12.1 Å². The first-order valence-electron chi connectivity index (χ1n) is 5.11. The van der Waals surface area contributed by atoms with Crippen LogP contribution in [-0.2, 0) is 0 Å². The Morgan fingerprint density at radius 1 is 0.750 bits per heavy atom. The molecule has 0 unspecified atom stereocenters. The van der Waals surface area contributed by atoms with Crippen LogP contribution in [0, 0.1) is 0 Å². The molecule has 0 saturated heterocycles. The van der Waals surface area contributed by atoms with E-state index in [4.69, 9.17) is 5.73 Å². The van der Waals surface area contributed by atoms with Gasteiger partial charge in [0.15, 0.2) is 0 Å². The maximum absolute atomic E-state index is 5.78. The number of hydrogen-bond donors (Lipinski definition) is 1. The molecular formula is C14H10BrN. The van der Waals surface area contributed by atoms with E-state index in [9.17, 15) is 0 Å². The molecule has 78 valence electrons. The van der Waals surface area contributed by atoms with Crippen molar-refractivity contribution in [2.24, 2.45) is 0 Å². The highest BCUT2D eigenvalue weighted by atomic mass is 79.9. The van der Waals surface area contributed by atoms with Crippen LogP contribution in [0.25, 0.3) is 21.5 Å². The van der Waals surface area contributed by atoms with Crippen LogP contribution in [0.3, 0.4) is 0 Å². The fourth-order valence-electron chi connectivity index (χ4n) is 2.06. The largest absolute Gasteiger partial charge is 0.399 e. The minimum absolute atomic E-state index is 0.809. The molecule has 0 fully saturated rings. The maximum Gasteiger partial charge on any atom is 0.0320 e. The number of anilines is 1. The van der Waals surface area contributed by atoms with Crippen molar-refractivity contribution in [3.05, 3.63) is 53.0 Å². The number of halogens is 1. The minimum Gasteiger partial charge on any atom is -0.399 e. The molecule has 2 N–H and O–H groups in total. The molecule has 0 aliphatic carbocycles. The number of nitrogens with two attached hydrogens (primary N) is 1. The Bertz CT molecular complexity index is 628. The lowest BCUT2D eigenvalue weighted by atomic mass is 10.0. The average molecular weight is 272 g/mol. The zero-order valence-electron chi connectivity index (χ0n) is 8.57. The number of hydrogen-bond acceptors (Lipinski definition) is 1. The van der Waals surface area contributed by atoms with Gasteiger partial charge in [-0.05, 0) is 45.8 Å². The molecule has 0 amide bonds. The second kappa shape index (κ2) is 3.49. The summed E-state index contributed by atoms with van der Waals surface area (Å²) in [5, 5.41) is 4.95. The van der Waals surface area contributed by atoms with Crippen LogP contribution in [-0.4, -0.2) is 0 Å². The van der Waals surface area contributed by atoms with Crippen LogP contribution >= 0.6 is 15.9 Å². The van der Waals surface area contributed by atoms with E-state index in [-0.39, 0.29) is 0 Å². The molecule has 3 aromatic carbocycles. The molecule has 0 aromatic heterocycles. The normalized spacial score (nSPS) is 11.1. The van der Waals surface area contributed by atoms with Gasteiger partial charge in [0.05, 0.1) is 0 Å². The van der Waals surface area contributed by atoms with Crippen molar-refractivity contribution in [1.82, 2.24) is 0 Å². The van der Waals surface area contributed by atoms with Gasteiger partial charge in [-0.25, -0.2) is 0 Å². The van der Waals surface area contributed by atoms with Gasteiger partial charge in [-0.2, -0.15) is 0 Å². The van der Waals surface area contributed by atoms with Crippen LogP contribution in [0.15, 0.2) is 53.0 Å². The lowest BCUT2D eigenvalue weighted by Crippen LogP contribution is -1.84. The number of fused-ring (bicyclic) bond motifs is 3. The fourth-order valence-corrected chi connectivity index (χ4v) is 2.44. The monoisotopic (exact) mass is 271 g/mol. The van der Waals surface area contributed by atoms with Gasteiger partial charge in [-0.3, -0.25) is 0 Å². The second-order valence-corrected chi connectivity index (χ2v) is 4.83. The minimum atomic E-state index is 0.809. The molecule has 0 saturated carbocycles. The highest BCUT2D eigenvalue weighted by Gasteiger charge is 2.01. The van der Waals surface area contributed by atoms with Gasteiger partial charge >= 0.3 is 0 Å². The third kappa shape index (κ3) is 1.46. The predicted molar refractivity (Wildman–Crippen MR) is 73.6 cm³/mol. The lowest BCUT2D eigenvalue weighted by Gasteiger charge is -2.05. The first-order chi connectivity index (χ1) is 7.74. The smallest absolute Gasteiger partial charge is 0.0320 e. The molecule has 1 nitrogen and oxygen atoms in total. The van der Waals surface area contributed by atoms with Crippen molar-refractivity contribution in [2.75, 3.05) is 5.73 Å². The molecule has 0 radical (unpaired) electrons. The van der Waals surface area contributed by atoms with E-state index in [0.717, 1.165) is 10.2 Å². The summed E-state index contributed by atoms with van der Waals surface area (Å²) in [6.45, 7) is 0. The summed E-state index contributed by atoms with van der Waals surface area (Å²) in [6.07, 6.45) is 0. The van der Waals surface area contributed by atoms with Crippen molar-refractivity contribution in [1.29, 1.82) is 0 Å². The average Bonchev–Trinajstić information content (AvgIpc) is 2.28. The Morgan fingerprint density at radius 2 is 1.38 bits per heavy atom. The highest BCUT2D eigenvalue weighted by Crippen LogP contribution is 2.28. The summed E-state index contributed by atoms with van der Waals surface area (Å²) in [5.41, 5.74) is 6.59. The molecule has 2 heteroatoms. The third-order valence-corrected chi connectivity index (χ3v) is 3.32. The third-order valence-electron chi connectivity index (χ3n) is 2.82. The Morgan fingerprint density at radius 3 is 2.12 bits per heavy atom. The van der Waals surface area contributed by atoms with Gasteiger partial charge in [0.1, 0.15) is 0 Å². The summed E-state index contributed by atoms with van der Waals surface area (Å²) >= 11 is 3.49. The van der Waals surface area contributed by atoms with Crippen LogP contribution in [0.2, 0.25) is 0 Å². The highest BCUT2D eigenvalue weighted by molar-refractivity contribution is 9.10. The second-order valence-electron chi connectivity index (χ2n) is 3.91. The molecule has 0 aliphatic heterocycles. The van der Waals surface area contributed by atoms with Gasteiger partial charge in [-0.1, -0.05) is 40.2 Å². The molecule has 3 aromatic rings. The van der Waals surface area contributed by atoms with Crippen molar-refractivity contribution in [2.45, 2.75) is 0 Å². The van der Waals surface area contributed by atoms with Crippen molar-refractivity contribution < 1.29 is 0 Å². The molecular weight excluding hydrogens is 262 g/mol. The van der Waals surface area contributed by atoms with Crippen LogP contribution in [0.5, 0.6) is 0 Å². The van der Waals surface area contributed by atoms with E-state index >= 15 is 0 Å². The first kappa shape index (κ1) is 9.67. The summed E-state index contributed by atoms with van der Waals surface area (Å²) in [6, 6.07) is 16.6. The molecule has 0 atom stereocenters. The van der Waals surface area contributed by atoms with Crippen LogP contribution in [0.4, 0.5) is 5.69 Å². The topological polar surface area (TPSA) is 26.0 Å². The SMILES string of the molecule is Nc1ccc2c(ccc3cc(Br)ccc32)c1. The summed E-state index contributed by atoms with van der Waals surface area (Å²) in [5.74, 6) is 0. The Kier molecular flexibility index (Phi) is 2.11. The zero-order chi connectivity index (χ0) is 11.1. The van der Waals surface area contributed by atoms with Crippen molar-refractivity contribution in [3.63, 3.8) is 0 Å². The van der Waals surface area contributed by atoms with E-state index in [2.05, 4.69) is 52.3 Å². The Labute approximate surface area is 102 Å². The molecule has 0 heterocycles. The van der Waals surface area contributed by atoms with E-state index in [1.165, 1.54) is 21.5 Å². The van der Waals surface area contributed by atoms with Gasteiger partial charge in [-0.15, -0.1) is 0 Å². The lowest BCUT2D eigenvalue weighted by molar-refractivity contribution is 1.71. The van der Waals surface area contributed by atoms with E-state index in [0.29, 0.717) is 0 Å². The van der Waals surface area contributed by atoms with Gasteiger partial charge in [0.25, 0.3) is 0 Å². The molecule has 0 aliphatic rings. The Hall–Kier alpha value is -1.54. The molecule has 0 spiro atoms. The van der Waals surface area contributed by atoms with E-state index in [1.54, 1.807) is 0 Å². The molecule has 3 rings (SSSR count). The fraction of sp³-hybridized carbons (Fsp3) is 0. The molecule has 0 bridgehead atoms. The van der Waals surface area contributed by atoms with Gasteiger partial charge in [0, 0.05) is 10.2 Å². The summed E-state index contributed by atoms with van der Waals surface area (Å²) < 4.78 is 1.11. The summed E-state index contributed by atoms with van der Waals surface area (Å²) in [4.78, 5) is 0. The standard InChI is InChI=1S/C14H10BrN/c15-11-3-5-13-9(7-11)1-2-10-8-12(16)4-6-14(10)13/h1-8H,16H2. The molecule has 16 heavy (non-hydrogen) atoms. The van der Waals surface area contributed by atoms with Gasteiger partial charge in [0.2, 0.25) is 0 Å². The quantitative estimate of drug-likeness (QED) is 0.478. The number of rotatable bonds is 0. The zero-order valence-corrected chi connectivity index (χ0v) is 10.2. The Balaban J connectivity index is 2.50. The predicted octanol–water partition coefficient (Wildman–Crippen LogP) is 4.34. The summed E-state index contributed by atoms with van der Waals surface area (Å²) in [7, 11) is 0. The van der Waals surface area contributed by atoms with Crippen LogP contribution < -0.4 is 5.73 Å². The number of benzene rings is 3. The van der Waals surface area contributed by atoms with E-state index < -0.39 is 0 Å². The van der Waals surface area contributed by atoms with Crippen molar-refractivity contribution >= 4 is 43.2 Å². The van der Waals surface area contributed by atoms with Crippen LogP contribution in [0.1, 0.15) is 0 Å². The first-order valence-corrected chi connectivity index (χ1v) is 5.91.